The van der Waals surface area contributed by atoms with E-state index in [0.717, 1.165) is 16.0 Å². The number of fused-ring (bicyclic) bond motifs is 2. The van der Waals surface area contributed by atoms with E-state index in [1.54, 1.807) is 0 Å². The van der Waals surface area contributed by atoms with Crippen LogP contribution in [0.5, 0.6) is 0 Å². The van der Waals surface area contributed by atoms with Gasteiger partial charge in [-0.3, -0.25) is 0 Å². The van der Waals surface area contributed by atoms with Gasteiger partial charge in [0.05, 0.1) is 4.05 Å². The van der Waals surface area contributed by atoms with Crippen molar-refractivity contribution in [2.24, 2.45) is 5.92 Å². The average Bonchev–Trinajstić information content (AvgIpc) is 2.37. The maximum Gasteiger partial charge on any atom is 0.0740 e. The van der Waals surface area contributed by atoms with Crippen LogP contribution in [0.15, 0.2) is 0 Å². The molecule has 0 aromatic carbocycles. The lowest BCUT2D eigenvalue weighted by atomic mass is 10.1. The van der Waals surface area contributed by atoms with Gasteiger partial charge in [-0.05, 0) is 25.2 Å². The van der Waals surface area contributed by atoms with E-state index in [4.69, 9.17) is 0 Å². The van der Waals surface area contributed by atoms with Gasteiger partial charge < -0.3 is 0 Å². The number of nitrogens with zero attached hydrogens (tertiary/aromatic N) is 1. The fraction of sp³-hybridized carbons (Fsp3) is 1.00. The van der Waals surface area contributed by atoms with Crippen LogP contribution in [0.3, 0.4) is 0 Å². The smallest absolute Gasteiger partial charge is 0.0740 e. The topological polar surface area (TPSA) is 3.24 Å². The van der Waals surface area contributed by atoms with E-state index < -0.39 is 0 Å². The van der Waals surface area contributed by atoms with Crippen molar-refractivity contribution in [3.8, 4) is 0 Å². The summed E-state index contributed by atoms with van der Waals surface area (Å²) in [5.41, 5.74) is 0. The highest BCUT2D eigenvalue weighted by molar-refractivity contribution is 14.1. The van der Waals surface area contributed by atoms with Crippen LogP contribution >= 0.6 is 45.5 Å². The molecule has 0 N–H and O–H groups in total. The Morgan fingerprint density at radius 1 is 1.33 bits per heavy atom. The second-order valence-electron chi connectivity index (χ2n) is 2.94. The first kappa shape index (κ1) is 7.09. The van der Waals surface area contributed by atoms with Crippen LogP contribution in [0, 0.1) is 5.92 Å². The zero-order valence-electron chi connectivity index (χ0n) is 5.06. The molecule has 0 aromatic heterocycles. The summed E-state index contributed by atoms with van der Waals surface area (Å²) >= 11 is 5.05. The zero-order valence-corrected chi connectivity index (χ0v) is 9.37. The lowest BCUT2D eigenvalue weighted by molar-refractivity contribution is 0.379. The Labute approximate surface area is 83.2 Å². The molecule has 2 unspecified atom stereocenters. The molecule has 0 amide bonds. The van der Waals surface area contributed by atoms with E-state index in [-0.39, 0.29) is 0 Å². The normalized spacial score (nSPS) is 50.7. The van der Waals surface area contributed by atoms with E-state index in [9.17, 15) is 0 Å². The molecule has 2 bridgehead atoms. The number of rotatable bonds is 0. The standard InChI is InChI=1S/C6H9I2N/c7-6-4-1-2-5(3-4)9(6)8/h4-6H,1-3H2/t4?,5?,6-/m0/s1. The van der Waals surface area contributed by atoms with Gasteiger partial charge in [0, 0.05) is 28.9 Å². The molecule has 1 heterocycles. The van der Waals surface area contributed by atoms with Crippen molar-refractivity contribution in [2.45, 2.75) is 29.4 Å². The fourth-order valence-corrected chi connectivity index (χ4v) is 3.94. The van der Waals surface area contributed by atoms with Crippen LogP contribution in [-0.4, -0.2) is 13.2 Å². The van der Waals surface area contributed by atoms with Crippen LogP contribution < -0.4 is 0 Å². The van der Waals surface area contributed by atoms with Gasteiger partial charge in [-0.1, -0.05) is 22.6 Å². The molecule has 1 saturated carbocycles. The minimum Gasteiger partial charge on any atom is -0.231 e. The SMILES string of the molecule is I[C@@H]1C2CCC(C2)N1I. The van der Waals surface area contributed by atoms with Crippen LogP contribution in [0.4, 0.5) is 0 Å². The van der Waals surface area contributed by atoms with Gasteiger partial charge in [-0.25, -0.2) is 3.11 Å². The monoisotopic (exact) mass is 349 g/mol. The summed E-state index contributed by atoms with van der Waals surface area (Å²) in [5, 5.41) is 0. The first-order valence-electron chi connectivity index (χ1n) is 3.37. The van der Waals surface area contributed by atoms with Gasteiger partial charge in [0.2, 0.25) is 0 Å². The van der Waals surface area contributed by atoms with Crippen molar-refractivity contribution in [2.75, 3.05) is 0 Å². The van der Waals surface area contributed by atoms with Gasteiger partial charge in [-0.15, -0.1) is 0 Å². The summed E-state index contributed by atoms with van der Waals surface area (Å²) in [6, 6.07) is 0.928. The molecule has 3 heteroatoms. The van der Waals surface area contributed by atoms with Crippen LogP contribution in [0.2, 0.25) is 0 Å². The maximum absolute atomic E-state index is 2.57. The van der Waals surface area contributed by atoms with Crippen molar-refractivity contribution in [3.05, 3.63) is 0 Å². The predicted octanol–water partition coefficient (Wildman–Crippen LogP) is 2.58. The van der Waals surface area contributed by atoms with Crippen LogP contribution in [-0.2, 0) is 0 Å². The Bertz CT molecular complexity index is 110. The number of piperidine rings is 1. The van der Waals surface area contributed by atoms with E-state index in [1.807, 2.05) is 0 Å². The molecular weight excluding hydrogens is 340 g/mol. The highest BCUT2D eigenvalue weighted by Crippen LogP contribution is 2.46. The van der Waals surface area contributed by atoms with E-state index in [1.165, 1.54) is 19.3 Å². The molecule has 1 nitrogen and oxygen atoms in total. The predicted molar refractivity (Wildman–Crippen MR) is 54.8 cm³/mol. The third-order valence-corrected chi connectivity index (χ3v) is 6.49. The largest absolute Gasteiger partial charge is 0.231 e. The summed E-state index contributed by atoms with van der Waals surface area (Å²) in [7, 11) is 0. The summed E-state index contributed by atoms with van der Waals surface area (Å²) in [5.74, 6) is 1.02. The molecule has 1 aliphatic heterocycles. The second kappa shape index (κ2) is 2.48. The highest BCUT2D eigenvalue weighted by atomic mass is 127. The first-order valence-corrected chi connectivity index (χ1v) is 5.58. The maximum atomic E-state index is 2.57. The number of hydrogen-bond donors (Lipinski definition) is 0. The molecule has 0 radical (unpaired) electrons. The summed E-state index contributed by atoms with van der Waals surface area (Å²) in [6.07, 6.45) is 4.40. The van der Waals surface area contributed by atoms with Crippen molar-refractivity contribution in [3.63, 3.8) is 0 Å². The Kier molecular flexibility index (Phi) is 1.95. The van der Waals surface area contributed by atoms with Gasteiger partial charge >= 0.3 is 0 Å². The van der Waals surface area contributed by atoms with Gasteiger partial charge in [0.15, 0.2) is 0 Å². The molecule has 3 atom stereocenters. The first-order chi connectivity index (χ1) is 4.29. The Morgan fingerprint density at radius 2 is 2.11 bits per heavy atom. The molecule has 0 spiro atoms. The quantitative estimate of drug-likeness (QED) is 0.281. The molecule has 0 aromatic rings. The van der Waals surface area contributed by atoms with Crippen molar-refractivity contribution in [1.29, 1.82) is 0 Å². The summed E-state index contributed by atoms with van der Waals surface area (Å²) in [6.45, 7) is 0. The second-order valence-corrected chi connectivity index (χ2v) is 5.33. The molecule has 2 fully saturated rings. The van der Waals surface area contributed by atoms with Gasteiger partial charge in [0.1, 0.15) is 0 Å². The Morgan fingerprint density at radius 3 is 2.44 bits per heavy atom. The van der Waals surface area contributed by atoms with E-state index in [2.05, 4.69) is 48.6 Å². The van der Waals surface area contributed by atoms with Crippen LogP contribution in [0.25, 0.3) is 0 Å². The molecular formula is C6H9I2N. The lowest BCUT2D eigenvalue weighted by Gasteiger charge is -2.24. The average molecular weight is 349 g/mol. The Hall–Kier alpha value is 1.42. The molecule has 2 rings (SSSR count). The molecule has 1 saturated heterocycles. The van der Waals surface area contributed by atoms with Crippen molar-refractivity contribution >= 4 is 45.5 Å². The summed E-state index contributed by atoms with van der Waals surface area (Å²) in [4.78, 5) is 0. The molecule has 9 heavy (non-hydrogen) atoms. The van der Waals surface area contributed by atoms with E-state index in [0.29, 0.717) is 0 Å². The Balaban J connectivity index is 2.15. The molecule has 2 aliphatic rings. The van der Waals surface area contributed by atoms with Crippen molar-refractivity contribution in [1.82, 2.24) is 3.11 Å². The number of alkyl halides is 1. The zero-order chi connectivity index (χ0) is 6.43. The van der Waals surface area contributed by atoms with Crippen LogP contribution in [0.1, 0.15) is 19.3 Å². The fourth-order valence-electron chi connectivity index (χ4n) is 1.87. The number of hydrogen-bond acceptors (Lipinski definition) is 1. The molecule has 52 valence electrons. The number of halogens is 2. The van der Waals surface area contributed by atoms with Crippen molar-refractivity contribution < 1.29 is 0 Å². The van der Waals surface area contributed by atoms with E-state index >= 15 is 0 Å². The third kappa shape index (κ3) is 1.03. The third-order valence-electron chi connectivity index (χ3n) is 2.42. The summed E-state index contributed by atoms with van der Waals surface area (Å²) < 4.78 is 3.34. The lowest BCUT2D eigenvalue weighted by Crippen LogP contribution is -2.27. The highest BCUT2D eigenvalue weighted by Gasteiger charge is 2.43. The van der Waals surface area contributed by atoms with Gasteiger partial charge in [0.25, 0.3) is 0 Å². The van der Waals surface area contributed by atoms with Gasteiger partial charge in [-0.2, -0.15) is 0 Å². The minimum atomic E-state index is 0.835. The minimum absolute atomic E-state index is 0.835. The molecule has 1 aliphatic carbocycles.